The van der Waals surface area contributed by atoms with Gasteiger partial charge in [-0.15, -0.1) is 0 Å². The van der Waals surface area contributed by atoms with Crippen molar-refractivity contribution in [3.05, 3.63) is 33.3 Å². The molecule has 0 fully saturated rings. The van der Waals surface area contributed by atoms with Crippen LogP contribution in [-0.2, 0) is 11.3 Å². The lowest BCUT2D eigenvalue weighted by Gasteiger charge is -2.09. The average molecular weight is 335 g/mol. The van der Waals surface area contributed by atoms with Gasteiger partial charge in [0, 0.05) is 29.3 Å². The summed E-state index contributed by atoms with van der Waals surface area (Å²) in [6.45, 7) is 7.72. The molecule has 0 saturated heterocycles. The summed E-state index contributed by atoms with van der Waals surface area (Å²) in [5.41, 5.74) is 1.12. The number of ether oxygens (including phenoxy) is 1. The lowest BCUT2D eigenvalue weighted by atomic mass is 10.2. The first-order valence-electron chi connectivity index (χ1n) is 6.32. The third kappa shape index (κ3) is 6.74. The van der Waals surface area contributed by atoms with E-state index in [0.717, 1.165) is 47.8 Å². The summed E-state index contributed by atoms with van der Waals surface area (Å²) in [7, 11) is 0. The standard InChI is InChI=1S/C14H21BrClNO/c1-11(2)10-18-7-3-6-17-9-12-8-13(15)4-5-14(12)16/h4-5,8,11,17H,3,6-7,9-10H2,1-2H3. The van der Waals surface area contributed by atoms with Crippen LogP contribution in [0.4, 0.5) is 0 Å². The quantitative estimate of drug-likeness (QED) is 0.717. The van der Waals surface area contributed by atoms with Gasteiger partial charge < -0.3 is 10.1 Å². The first kappa shape index (κ1) is 16.0. The van der Waals surface area contributed by atoms with E-state index in [4.69, 9.17) is 16.3 Å². The maximum Gasteiger partial charge on any atom is 0.0489 e. The number of hydrogen-bond acceptors (Lipinski definition) is 2. The number of hydrogen-bond donors (Lipinski definition) is 1. The molecule has 0 unspecified atom stereocenters. The van der Waals surface area contributed by atoms with Gasteiger partial charge in [-0.05, 0) is 42.6 Å². The summed E-state index contributed by atoms with van der Waals surface area (Å²) in [6, 6.07) is 5.91. The molecule has 102 valence electrons. The Morgan fingerprint density at radius 1 is 1.39 bits per heavy atom. The second-order valence-electron chi connectivity index (χ2n) is 4.73. The van der Waals surface area contributed by atoms with E-state index in [2.05, 4.69) is 35.1 Å². The fourth-order valence-electron chi connectivity index (χ4n) is 1.52. The number of benzene rings is 1. The fourth-order valence-corrected chi connectivity index (χ4v) is 2.11. The zero-order valence-electron chi connectivity index (χ0n) is 11.0. The van der Waals surface area contributed by atoms with E-state index in [-0.39, 0.29) is 0 Å². The zero-order valence-corrected chi connectivity index (χ0v) is 13.4. The van der Waals surface area contributed by atoms with Crippen molar-refractivity contribution in [3.8, 4) is 0 Å². The summed E-state index contributed by atoms with van der Waals surface area (Å²) >= 11 is 9.55. The Kier molecular flexibility index (Phi) is 7.91. The zero-order chi connectivity index (χ0) is 13.4. The molecule has 0 aromatic heterocycles. The average Bonchev–Trinajstić information content (AvgIpc) is 2.32. The van der Waals surface area contributed by atoms with Crippen LogP contribution in [0, 0.1) is 5.92 Å². The van der Waals surface area contributed by atoms with Gasteiger partial charge in [0.2, 0.25) is 0 Å². The van der Waals surface area contributed by atoms with Crippen LogP contribution in [0.25, 0.3) is 0 Å². The molecule has 18 heavy (non-hydrogen) atoms. The van der Waals surface area contributed by atoms with Crippen LogP contribution in [0.5, 0.6) is 0 Å². The Labute approximate surface area is 123 Å². The molecule has 0 atom stereocenters. The van der Waals surface area contributed by atoms with Crippen LogP contribution in [0.2, 0.25) is 5.02 Å². The van der Waals surface area contributed by atoms with Crippen molar-refractivity contribution in [2.75, 3.05) is 19.8 Å². The van der Waals surface area contributed by atoms with Crippen molar-refractivity contribution in [1.29, 1.82) is 0 Å². The third-order valence-electron chi connectivity index (χ3n) is 2.42. The highest BCUT2D eigenvalue weighted by Crippen LogP contribution is 2.20. The molecular formula is C14H21BrClNO. The lowest BCUT2D eigenvalue weighted by molar-refractivity contribution is 0.108. The number of nitrogens with one attached hydrogen (secondary N) is 1. The van der Waals surface area contributed by atoms with Crippen molar-refractivity contribution in [1.82, 2.24) is 5.32 Å². The predicted molar refractivity (Wildman–Crippen MR) is 81.1 cm³/mol. The largest absolute Gasteiger partial charge is 0.381 e. The van der Waals surface area contributed by atoms with Gasteiger partial charge in [0.25, 0.3) is 0 Å². The molecule has 0 aliphatic carbocycles. The Hall–Kier alpha value is -0.0900. The molecule has 1 N–H and O–H groups in total. The van der Waals surface area contributed by atoms with Gasteiger partial charge in [-0.2, -0.15) is 0 Å². The summed E-state index contributed by atoms with van der Waals surface area (Å²) < 4.78 is 6.58. The molecular weight excluding hydrogens is 314 g/mol. The van der Waals surface area contributed by atoms with Crippen LogP contribution in [0.15, 0.2) is 22.7 Å². The molecule has 1 aromatic rings. The van der Waals surface area contributed by atoms with Crippen molar-refractivity contribution in [3.63, 3.8) is 0 Å². The molecule has 1 rings (SSSR count). The molecule has 0 amide bonds. The minimum atomic E-state index is 0.610. The van der Waals surface area contributed by atoms with Gasteiger partial charge in [-0.25, -0.2) is 0 Å². The Balaban J connectivity index is 2.12. The van der Waals surface area contributed by atoms with Crippen LogP contribution < -0.4 is 5.32 Å². The van der Waals surface area contributed by atoms with Crippen molar-refractivity contribution in [2.45, 2.75) is 26.8 Å². The normalized spacial score (nSPS) is 11.2. The smallest absolute Gasteiger partial charge is 0.0489 e. The molecule has 4 heteroatoms. The highest BCUT2D eigenvalue weighted by molar-refractivity contribution is 9.10. The lowest BCUT2D eigenvalue weighted by Crippen LogP contribution is -2.17. The van der Waals surface area contributed by atoms with Crippen molar-refractivity contribution >= 4 is 27.5 Å². The monoisotopic (exact) mass is 333 g/mol. The first-order chi connectivity index (χ1) is 8.59. The molecule has 0 heterocycles. The highest BCUT2D eigenvalue weighted by atomic mass is 79.9. The summed E-state index contributed by atoms with van der Waals surface area (Å²) in [5, 5.41) is 4.18. The highest BCUT2D eigenvalue weighted by Gasteiger charge is 2.00. The van der Waals surface area contributed by atoms with E-state index in [1.807, 2.05) is 18.2 Å². The van der Waals surface area contributed by atoms with Gasteiger partial charge in [-0.3, -0.25) is 0 Å². The van der Waals surface area contributed by atoms with Crippen molar-refractivity contribution in [2.24, 2.45) is 5.92 Å². The van der Waals surface area contributed by atoms with Crippen LogP contribution in [-0.4, -0.2) is 19.8 Å². The minimum Gasteiger partial charge on any atom is -0.381 e. The molecule has 0 aliphatic rings. The topological polar surface area (TPSA) is 21.3 Å². The summed E-state index contributed by atoms with van der Waals surface area (Å²) in [5.74, 6) is 0.610. The first-order valence-corrected chi connectivity index (χ1v) is 7.49. The van der Waals surface area contributed by atoms with E-state index < -0.39 is 0 Å². The number of halogens is 2. The molecule has 0 bridgehead atoms. The van der Waals surface area contributed by atoms with E-state index in [0.29, 0.717) is 5.92 Å². The summed E-state index contributed by atoms with van der Waals surface area (Å²) in [6.07, 6.45) is 1.03. The van der Waals surface area contributed by atoms with Gasteiger partial charge >= 0.3 is 0 Å². The van der Waals surface area contributed by atoms with Crippen LogP contribution >= 0.6 is 27.5 Å². The molecule has 1 aromatic carbocycles. The van der Waals surface area contributed by atoms with Gasteiger partial charge in [-0.1, -0.05) is 41.4 Å². The number of rotatable bonds is 8. The molecule has 0 spiro atoms. The third-order valence-corrected chi connectivity index (χ3v) is 3.28. The van der Waals surface area contributed by atoms with E-state index >= 15 is 0 Å². The maximum absolute atomic E-state index is 6.11. The van der Waals surface area contributed by atoms with E-state index in [9.17, 15) is 0 Å². The van der Waals surface area contributed by atoms with Gasteiger partial charge in [0.1, 0.15) is 0 Å². The second kappa shape index (κ2) is 8.92. The van der Waals surface area contributed by atoms with Crippen LogP contribution in [0.3, 0.4) is 0 Å². The Morgan fingerprint density at radius 2 is 2.17 bits per heavy atom. The van der Waals surface area contributed by atoms with Gasteiger partial charge in [0.15, 0.2) is 0 Å². The van der Waals surface area contributed by atoms with Crippen molar-refractivity contribution < 1.29 is 4.74 Å². The molecule has 2 nitrogen and oxygen atoms in total. The van der Waals surface area contributed by atoms with E-state index in [1.165, 1.54) is 0 Å². The van der Waals surface area contributed by atoms with Gasteiger partial charge in [0.05, 0.1) is 0 Å². The molecule has 0 radical (unpaired) electrons. The van der Waals surface area contributed by atoms with E-state index in [1.54, 1.807) is 0 Å². The van der Waals surface area contributed by atoms with Crippen LogP contribution in [0.1, 0.15) is 25.8 Å². The second-order valence-corrected chi connectivity index (χ2v) is 6.06. The Morgan fingerprint density at radius 3 is 2.89 bits per heavy atom. The predicted octanol–water partition coefficient (Wildman–Crippen LogP) is 4.25. The maximum atomic E-state index is 6.11. The fraction of sp³-hybridized carbons (Fsp3) is 0.571. The molecule has 0 saturated carbocycles. The molecule has 0 aliphatic heterocycles. The SMILES string of the molecule is CC(C)COCCCNCc1cc(Br)ccc1Cl. The summed E-state index contributed by atoms with van der Waals surface area (Å²) in [4.78, 5) is 0. The minimum absolute atomic E-state index is 0.610. The Bertz CT molecular complexity index is 358.